The topological polar surface area (TPSA) is 0 Å². The van der Waals surface area contributed by atoms with E-state index in [1.54, 1.807) is 0 Å². The van der Waals surface area contributed by atoms with Gasteiger partial charge < -0.3 is 0 Å². The fourth-order valence-electron chi connectivity index (χ4n) is 2.18. The van der Waals surface area contributed by atoms with E-state index in [0.717, 1.165) is 5.56 Å². The van der Waals surface area contributed by atoms with Crippen molar-refractivity contribution in [3.8, 4) is 12.3 Å². The van der Waals surface area contributed by atoms with Gasteiger partial charge in [-0.15, -0.1) is 6.42 Å². The molecule has 0 spiro atoms. The number of hydrogen-bond donors (Lipinski definition) is 0. The molecule has 0 aliphatic carbocycles. The second kappa shape index (κ2) is 5.06. The highest BCUT2D eigenvalue weighted by Crippen LogP contribution is 2.29. The van der Waals surface area contributed by atoms with Crippen LogP contribution < -0.4 is 0 Å². The molecule has 0 heterocycles. The molecule has 0 nitrogen and oxygen atoms in total. The van der Waals surface area contributed by atoms with E-state index in [-0.39, 0.29) is 7.43 Å². The highest BCUT2D eigenvalue weighted by molar-refractivity contribution is 5.92. The maximum Gasteiger partial charge on any atom is 0.0353 e. The van der Waals surface area contributed by atoms with E-state index in [2.05, 4.69) is 57.0 Å². The minimum absolute atomic E-state index is 0. The van der Waals surface area contributed by atoms with E-state index in [1.165, 1.54) is 21.9 Å². The lowest BCUT2D eigenvalue weighted by atomic mass is 9.91. The first-order valence-corrected chi connectivity index (χ1v) is 5.64. The van der Waals surface area contributed by atoms with Gasteiger partial charge in [0.1, 0.15) is 0 Å². The van der Waals surface area contributed by atoms with Crippen molar-refractivity contribution in [2.75, 3.05) is 0 Å². The molecular formula is C17H20. The van der Waals surface area contributed by atoms with Crippen LogP contribution in [0.5, 0.6) is 0 Å². The predicted octanol–water partition coefficient (Wildman–Crippen LogP) is 4.89. The van der Waals surface area contributed by atoms with Crippen LogP contribution in [0.4, 0.5) is 0 Å². The Labute approximate surface area is 105 Å². The van der Waals surface area contributed by atoms with Gasteiger partial charge in [-0.2, -0.15) is 0 Å². The van der Waals surface area contributed by atoms with Crippen molar-refractivity contribution in [1.29, 1.82) is 0 Å². The van der Waals surface area contributed by atoms with Crippen LogP contribution in [0.1, 0.15) is 43.9 Å². The van der Waals surface area contributed by atoms with Crippen LogP contribution in [0.3, 0.4) is 0 Å². The minimum Gasteiger partial charge on any atom is -0.115 e. The first kappa shape index (κ1) is 13.3. The molecule has 0 saturated heterocycles. The molecule has 0 N–H and O–H groups in total. The summed E-state index contributed by atoms with van der Waals surface area (Å²) >= 11 is 0. The van der Waals surface area contributed by atoms with Crippen LogP contribution in [-0.2, 0) is 0 Å². The molecule has 2 aromatic rings. The zero-order valence-electron chi connectivity index (χ0n) is 10.0. The third-order valence-electron chi connectivity index (χ3n) is 3.05. The zero-order valence-corrected chi connectivity index (χ0v) is 10.0. The van der Waals surface area contributed by atoms with E-state index in [1.807, 2.05) is 0 Å². The average molecular weight is 224 g/mol. The molecule has 0 atom stereocenters. The number of terminal acetylenes is 1. The lowest BCUT2D eigenvalue weighted by molar-refractivity contribution is 0.876. The van der Waals surface area contributed by atoms with Crippen LogP contribution in [0.15, 0.2) is 30.3 Å². The average Bonchev–Trinajstić information content (AvgIpc) is 2.28. The van der Waals surface area contributed by atoms with Crippen LogP contribution in [-0.4, -0.2) is 0 Å². The van der Waals surface area contributed by atoms with Crippen molar-refractivity contribution in [3.05, 3.63) is 47.0 Å². The number of hydrogen-bond acceptors (Lipinski definition) is 0. The Morgan fingerprint density at radius 2 is 1.82 bits per heavy atom. The predicted molar refractivity (Wildman–Crippen MR) is 77.4 cm³/mol. The number of aryl methyl sites for hydroxylation is 1. The summed E-state index contributed by atoms with van der Waals surface area (Å²) < 4.78 is 0. The van der Waals surface area contributed by atoms with Gasteiger partial charge in [0.25, 0.3) is 0 Å². The van der Waals surface area contributed by atoms with Crippen LogP contribution in [0.25, 0.3) is 10.8 Å². The standard InChI is InChI=1S/C16H16.CH4/c1-5-14-12(4)9-10-13-7-6-8-15(11(2)3)16(13)14;/h1,6-11H,2-4H3;1H4. The van der Waals surface area contributed by atoms with Gasteiger partial charge >= 0.3 is 0 Å². The maximum absolute atomic E-state index is 5.64. The second-order valence-electron chi connectivity index (χ2n) is 4.50. The van der Waals surface area contributed by atoms with Crippen molar-refractivity contribution in [1.82, 2.24) is 0 Å². The Morgan fingerprint density at radius 1 is 1.12 bits per heavy atom. The van der Waals surface area contributed by atoms with E-state index in [9.17, 15) is 0 Å². The van der Waals surface area contributed by atoms with Crippen molar-refractivity contribution >= 4 is 10.8 Å². The third kappa shape index (κ3) is 2.19. The molecule has 88 valence electrons. The van der Waals surface area contributed by atoms with Gasteiger partial charge in [-0.1, -0.05) is 57.5 Å². The monoisotopic (exact) mass is 224 g/mol. The first-order chi connectivity index (χ1) is 7.65. The Bertz CT molecular complexity index is 568. The maximum atomic E-state index is 5.64. The molecule has 0 aliphatic heterocycles. The minimum atomic E-state index is 0. The van der Waals surface area contributed by atoms with Crippen LogP contribution in [0, 0.1) is 19.3 Å². The quantitative estimate of drug-likeness (QED) is 0.605. The van der Waals surface area contributed by atoms with Gasteiger partial charge in [-0.3, -0.25) is 0 Å². The summed E-state index contributed by atoms with van der Waals surface area (Å²) in [6.45, 7) is 6.49. The summed E-state index contributed by atoms with van der Waals surface area (Å²) in [5, 5.41) is 2.49. The van der Waals surface area contributed by atoms with Crippen molar-refractivity contribution in [2.45, 2.75) is 34.1 Å². The Morgan fingerprint density at radius 3 is 2.41 bits per heavy atom. The fourth-order valence-corrected chi connectivity index (χ4v) is 2.18. The van der Waals surface area contributed by atoms with E-state index >= 15 is 0 Å². The van der Waals surface area contributed by atoms with Gasteiger partial charge in [0.05, 0.1) is 0 Å². The molecule has 0 radical (unpaired) electrons. The zero-order chi connectivity index (χ0) is 11.7. The summed E-state index contributed by atoms with van der Waals surface area (Å²) in [7, 11) is 0. The van der Waals surface area contributed by atoms with Crippen LogP contribution in [0.2, 0.25) is 0 Å². The molecule has 0 fully saturated rings. The number of benzene rings is 2. The summed E-state index contributed by atoms with van der Waals surface area (Å²) in [4.78, 5) is 0. The van der Waals surface area contributed by atoms with Gasteiger partial charge in [-0.05, 0) is 29.4 Å². The molecule has 0 unspecified atom stereocenters. The summed E-state index contributed by atoms with van der Waals surface area (Å²) in [6.07, 6.45) is 5.64. The summed E-state index contributed by atoms with van der Waals surface area (Å²) in [5.41, 5.74) is 3.57. The Kier molecular flexibility index (Phi) is 3.97. The molecule has 0 aliphatic rings. The molecule has 0 aromatic heterocycles. The van der Waals surface area contributed by atoms with Gasteiger partial charge in [0.2, 0.25) is 0 Å². The number of rotatable bonds is 1. The Balaban J connectivity index is 0.00000144. The molecule has 0 saturated carbocycles. The third-order valence-corrected chi connectivity index (χ3v) is 3.05. The van der Waals surface area contributed by atoms with E-state index < -0.39 is 0 Å². The number of fused-ring (bicyclic) bond motifs is 1. The summed E-state index contributed by atoms with van der Waals surface area (Å²) in [5.74, 6) is 3.33. The molecule has 0 bridgehead atoms. The van der Waals surface area contributed by atoms with Crippen LogP contribution >= 0.6 is 0 Å². The van der Waals surface area contributed by atoms with E-state index in [4.69, 9.17) is 6.42 Å². The highest BCUT2D eigenvalue weighted by Gasteiger charge is 2.09. The lowest BCUT2D eigenvalue weighted by Crippen LogP contribution is -1.93. The molecule has 0 heteroatoms. The molecule has 2 rings (SSSR count). The van der Waals surface area contributed by atoms with Crippen molar-refractivity contribution < 1.29 is 0 Å². The second-order valence-corrected chi connectivity index (χ2v) is 4.50. The smallest absolute Gasteiger partial charge is 0.0353 e. The largest absolute Gasteiger partial charge is 0.115 e. The molecule has 2 aromatic carbocycles. The Hall–Kier alpha value is -1.74. The SMILES string of the molecule is C.C#Cc1c(C)ccc2cccc(C(C)C)c12. The summed E-state index contributed by atoms with van der Waals surface area (Å²) in [6, 6.07) is 10.7. The highest BCUT2D eigenvalue weighted by atomic mass is 14.1. The van der Waals surface area contributed by atoms with Gasteiger partial charge in [0.15, 0.2) is 0 Å². The van der Waals surface area contributed by atoms with Gasteiger partial charge in [-0.25, -0.2) is 0 Å². The van der Waals surface area contributed by atoms with Crippen molar-refractivity contribution in [3.63, 3.8) is 0 Å². The molecular weight excluding hydrogens is 204 g/mol. The van der Waals surface area contributed by atoms with Gasteiger partial charge in [0, 0.05) is 10.9 Å². The van der Waals surface area contributed by atoms with Crippen molar-refractivity contribution in [2.24, 2.45) is 0 Å². The van der Waals surface area contributed by atoms with E-state index in [0.29, 0.717) is 5.92 Å². The molecule has 17 heavy (non-hydrogen) atoms. The molecule has 0 amide bonds. The first-order valence-electron chi connectivity index (χ1n) is 5.64. The fraction of sp³-hybridized carbons (Fsp3) is 0.294. The normalized spacial score (nSPS) is 10.1. The lowest BCUT2D eigenvalue weighted by Gasteiger charge is -2.13.